The first kappa shape index (κ1) is 17.9. The smallest absolute Gasteiger partial charge is 0.322 e. The Bertz CT molecular complexity index is 254. The van der Waals surface area contributed by atoms with Crippen molar-refractivity contribution in [1.82, 2.24) is 0 Å². The van der Waals surface area contributed by atoms with Crippen molar-refractivity contribution in [2.75, 3.05) is 13.2 Å². The van der Waals surface area contributed by atoms with Crippen molar-refractivity contribution in [3.63, 3.8) is 0 Å². The van der Waals surface area contributed by atoms with E-state index >= 15 is 0 Å². The number of hydrogen-bond donors (Lipinski definition) is 0. The number of halogens is 1. The summed E-state index contributed by atoms with van der Waals surface area (Å²) < 4.78 is 10.4. The van der Waals surface area contributed by atoms with Gasteiger partial charge in [-0.05, 0) is 40.0 Å². The zero-order valence-electron chi connectivity index (χ0n) is 12.5. The summed E-state index contributed by atoms with van der Waals surface area (Å²) in [6, 6.07) is 0. The zero-order chi connectivity index (χ0) is 14.4. The normalized spacial score (nSPS) is 12.9. The maximum Gasteiger partial charge on any atom is 0.322 e. The Hall–Kier alpha value is -0.0900. The lowest BCUT2D eigenvalue weighted by Crippen LogP contribution is -2.31. The van der Waals surface area contributed by atoms with Crippen LogP contribution in [-0.2, 0) is 14.3 Å². The summed E-state index contributed by atoms with van der Waals surface area (Å²) in [5, 5.41) is 0. The fraction of sp³-hybridized carbons (Fsp3) is 0.929. The van der Waals surface area contributed by atoms with Gasteiger partial charge < -0.3 is 9.47 Å². The highest BCUT2D eigenvalue weighted by atomic mass is 79.9. The highest BCUT2D eigenvalue weighted by Gasteiger charge is 2.26. The average molecular weight is 323 g/mol. The molecule has 0 unspecified atom stereocenters. The first-order valence-corrected chi connectivity index (χ1v) is 7.34. The topological polar surface area (TPSA) is 35.5 Å². The Morgan fingerprint density at radius 2 is 1.72 bits per heavy atom. The molecular weight excluding hydrogens is 296 g/mol. The molecule has 0 fully saturated rings. The predicted octanol–water partition coefficient (Wildman–Crippen LogP) is 3.93. The van der Waals surface area contributed by atoms with Gasteiger partial charge >= 0.3 is 5.97 Å². The van der Waals surface area contributed by atoms with Gasteiger partial charge in [0.05, 0.1) is 12.2 Å². The molecular formula is C14H27BrO3. The minimum atomic E-state index is -0.615. The van der Waals surface area contributed by atoms with Gasteiger partial charge in [0, 0.05) is 13.0 Å². The Balaban J connectivity index is 3.86. The van der Waals surface area contributed by atoms with Gasteiger partial charge in [0.25, 0.3) is 0 Å². The number of ether oxygens (including phenoxy) is 2. The SMILES string of the molecule is CC(C)CCOC(C)(C)CCOC(=O)C(C)(C)Br. The fourth-order valence-corrected chi connectivity index (χ4v) is 1.32. The van der Waals surface area contributed by atoms with Crippen molar-refractivity contribution < 1.29 is 14.3 Å². The van der Waals surface area contributed by atoms with Crippen LogP contribution in [0.1, 0.15) is 54.4 Å². The van der Waals surface area contributed by atoms with Gasteiger partial charge in [-0.1, -0.05) is 29.8 Å². The molecule has 108 valence electrons. The van der Waals surface area contributed by atoms with Crippen LogP contribution in [-0.4, -0.2) is 29.1 Å². The first-order chi connectivity index (χ1) is 8.04. The van der Waals surface area contributed by atoms with E-state index in [0.717, 1.165) is 13.0 Å². The van der Waals surface area contributed by atoms with E-state index in [-0.39, 0.29) is 11.6 Å². The first-order valence-electron chi connectivity index (χ1n) is 6.55. The molecule has 4 heteroatoms. The minimum Gasteiger partial charge on any atom is -0.465 e. The molecule has 0 rings (SSSR count). The maximum absolute atomic E-state index is 11.5. The van der Waals surface area contributed by atoms with Crippen LogP contribution in [0.2, 0.25) is 0 Å². The van der Waals surface area contributed by atoms with E-state index in [2.05, 4.69) is 29.8 Å². The molecule has 0 N–H and O–H groups in total. The van der Waals surface area contributed by atoms with Crippen LogP contribution in [0.4, 0.5) is 0 Å². The van der Waals surface area contributed by atoms with Gasteiger partial charge in [0.1, 0.15) is 4.32 Å². The quantitative estimate of drug-likeness (QED) is 0.501. The van der Waals surface area contributed by atoms with Crippen molar-refractivity contribution in [1.29, 1.82) is 0 Å². The summed E-state index contributed by atoms with van der Waals surface area (Å²) in [5.41, 5.74) is -0.244. The largest absolute Gasteiger partial charge is 0.465 e. The molecule has 0 aromatic heterocycles. The summed E-state index contributed by atoms with van der Waals surface area (Å²) >= 11 is 3.28. The number of rotatable bonds is 8. The van der Waals surface area contributed by atoms with E-state index in [9.17, 15) is 4.79 Å². The van der Waals surface area contributed by atoms with Gasteiger partial charge in [-0.3, -0.25) is 4.79 Å². The number of carbonyl (C=O) groups is 1. The molecule has 3 nitrogen and oxygen atoms in total. The second-order valence-electron chi connectivity index (χ2n) is 6.15. The van der Waals surface area contributed by atoms with Crippen molar-refractivity contribution in [3.8, 4) is 0 Å². The summed E-state index contributed by atoms with van der Waals surface area (Å²) in [6.07, 6.45) is 1.76. The molecule has 0 aromatic carbocycles. The standard InChI is InChI=1S/C14H27BrO3/c1-11(2)7-9-18-13(3,4)8-10-17-12(16)14(5,6)15/h11H,7-10H2,1-6H3. The van der Waals surface area contributed by atoms with Crippen LogP contribution < -0.4 is 0 Å². The Labute approximate surface area is 120 Å². The van der Waals surface area contributed by atoms with Crippen molar-refractivity contribution in [2.24, 2.45) is 5.92 Å². The lowest BCUT2D eigenvalue weighted by molar-refractivity contribution is -0.147. The van der Waals surface area contributed by atoms with Crippen LogP contribution in [0, 0.1) is 5.92 Å². The van der Waals surface area contributed by atoms with Gasteiger partial charge in [0.15, 0.2) is 0 Å². The van der Waals surface area contributed by atoms with E-state index < -0.39 is 4.32 Å². The third-order valence-electron chi connectivity index (χ3n) is 2.61. The minimum absolute atomic E-state index is 0.236. The molecule has 18 heavy (non-hydrogen) atoms. The molecule has 0 bridgehead atoms. The zero-order valence-corrected chi connectivity index (χ0v) is 14.1. The molecule has 0 saturated heterocycles. The van der Waals surface area contributed by atoms with Crippen LogP contribution >= 0.6 is 15.9 Å². The van der Waals surface area contributed by atoms with Gasteiger partial charge in [-0.15, -0.1) is 0 Å². The third kappa shape index (κ3) is 8.92. The number of esters is 1. The average Bonchev–Trinajstić information content (AvgIpc) is 2.14. The Morgan fingerprint density at radius 1 is 1.17 bits per heavy atom. The molecule has 0 aromatic rings. The van der Waals surface area contributed by atoms with Crippen LogP contribution in [0.15, 0.2) is 0 Å². The third-order valence-corrected chi connectivity index (χ3v) is 2.93. The molecule has 0 aliphatic carbocycles. The summed E-state index contributed by atoms with van der Waals surface area (Å²) in [5.74, 6) is 0.410. The molecule has 0 heterocycles. The lowest BCUT2D eigenvalue weighted by Gasteiger charge is -2.26. The van der Waals surface area contributed by atoms with Gasteiger partial charge in [-0.2, -0.15) is 0 Å². The maximum atomic E-state index is 11.5. The van der Waals surface area contributed by atoms with Gasteiger partial charge in [0.2, 0.25) is 0 Å². The van der Waals surface area contributed by atoms with Crippen LogP contribution in [0.3, 0.4) is 0 Å². The van der Waals surface area contributed by atoms with Crippen molar-refractivity contribution >= 4 is 21.9 Å². The molecule has 0 amide bonds. The van der Waals surface area contributed by atoms with E-state index in [1.54, 1.807) is 13.8 Å². The monoisotopic (exact) mass is 322 g/mol. The van der Waals surface area contributed by atoms with Crippen molar-refractivity contribution in [3.05, 3.63) is 0 Å². The van der Waals surface area contributed by atoms with E-state index in [0.29, 0.717) is 18.9 Å². The predicted molar refractivity (Wildman–Crippen MR) is 78.1 cm³/mol. The Kier molecular flexibility index (Phi) is 7.45. The number of alkyl halides is 1. The second-order valence-corrected chi connectivity index (χ2v) is 8.13. The second kappa shape index (κ2) is 7.49. The Morgan fingerprint density at radius 3 is 2.17 bits per heavy atom. The molecule has 0 aliphatic heterocycles. The molecule has 0 radical (unpaired) electrons. The van der Waals surface area contributed by atoms with Crippen LogP contribution in [0.25, 0.3) is 0 Å². The highest BCUT2D eigenvalue weighted by Crippen LogP contribution is 2.20. The summed E-state index contributed by atoms with van der Waals surface area (Å²) in [4.78, 5) is 11.5. The summed E-state index contributed by atoms with van der Waals surface area (Å²) in [6.45, 7) is 13.1. The molecule has 0 atom stereocenters. The molecule has 0 saturated carbocycles. The van der Waals surface area contributed by atoms with E-state index in [1.807, 2.05) is 13.8 Å². The van der Waals surface area contributed by atoms with Crippen LogP contribution in [0.5, 0.6) is 0 Å². The highest BCUT2D eigenvalue weighted by molar-refractivity contribution is 9.10. The lowest BCUT2D eigenvalue weighted by atomic mass is 10.1. The number of carbonyl (C=O) groups excluding carboxylic acids is 1. The van der Waals surface area contributed by atoms with E-state index in [4.69, 9.17) is 9.47 Å². The molecule has 0 spiro atoms. The van der Waals surface area contributed by atoms with E-state index in [1.165, 1.54) is 0 Å². The summed E-state index contributed by atoms with van der Waals surface area (Å²) in [7, 11) is 0. The fourth-order valence-electron chi connectivity index (χ4n) is 1.20. The number of hydrogen-bond acceptors (Lipinski definition) is 3. The molecule has 0 aliphatic rings. The van der Waals surface area contributed by atoms with Crippen molar-refractivity contribution in [2.45, 2.75) is 64.3 Å². The van der Waals surface area contributed by atoms with Gasteiger partial charge in [-0.25, -0.2) is 0 Å².